The summed E-state index contributed by atoms with van der Waals surface area (Å²) in [5, 5.41) is 8.32. The lowest BCUT2D eigenvalue weighted by molar-refractivity contribution is -0.111. The number of likely N-dealkylation sites (N-methyl/N-ethyl adjacent to an activating group) is 1. The molecule has 0 bridgehead atoms. The number of ether oxygens (including phenoxy) is 1. The third-order valence-corrected chi connectivity index (χ3v) is 9.71. The molecule has 3 aliphatic heterocycles. The van der Waals surface area contributed by atoms with Crippen molar-refractivity contribution in [1.82, 2.24) is 19.8 Å². The Morgan fingerprint density at radius 2 is 1.83 bits per heavy atom. The molecule has 1 atom stereocenters. The summed E-state index contributed by atoms with van der Waals surface area (Å²) in [4.78, 5) is 35.2. The molecule has 2 aromatic carbocycles. The third-order valence-electron chi connectivity index (χ3n) is 9.71. The van der Waals surface area contributed by atoms with Crippen molar-refractivity contribution in [2.75, 3.05) is 80.1 Å². The molecule has 0 spiro atoms. The first-order valence-electron chi connectivity index (χ1n) is 16.4. The second kappa shape index (κ2) is 14.1. The molecule has 3 aromatic rings. The summed E-state index contributed by atoms with van der Waals surface area (Å²) in [5.74, 6) is 1.61. The lowest BCUT2D eigenvalue weighted by atomic mass is 9.89. The van der Waals surface area contributed by atoms with Crippen molar-refractivity contribution in [2.45, 2.75) is 44.7 Å². The predicted molar refractivity (Wildman–Crippen MR) is 183 cm³/mol. The van der Waals surface area contributed by atoms with Gasteiger partial charge in [0.2, 0.25) is 5.91 Å². The molecule has 0 saturated carbocycles. The van der Waals surface area contributed by atoms with Gasteiger partial charge in [0.05, 0.1) is 36.3 Å². The van der Waals surface area contributed by atoms with Gasteiger partial charge in [-0.1, -0.05) is 43.8 Å². The zero-order valence-corrected chi connectivity index (χ0v) is 27.2. The molecule has 1 amide bonds. The fourth-order valence-electron chi connectivity index (χ4n) is 6.92. The molecule has 1 unspecified atom stereocenters. The van der Waals surface area contributed by atoms with Gasteiger partial charge in [-0.15, -0.1) is 0 Å². The molecular formula is C35H46N8O3. The van der Waals surface area contributed by atoms with E-state index in [-0.39, 0.29) is 11.4 Å². The number of hydrogen-bond acceptors (Lipinski definition) is 10. The first-order chi connectivity index (χ1) is 22.4. The number of piperidine rings is 1. The summed E-state index contributed by atoms with van der Waals surface area (Å²) in [6, 6.07) is 16.7. The number of nitrogens with one attached hydrogen (secondary N) is 2. The van der Waals surface area contributed by atoms with Crippen LogP contribution in [0.5, 0.6) is 5.75 Å². The summed E-state index contributed by atoms with van der Waals surface area (Å²) < 4.78 is 5.88. The molecular weight excluding hydrogens is 580 g/mol. The summed E-state index contributed by atoms with van der Waals surface area (Å²) in [5.41, 5.74) is 3.08. The molecule has 3 fully saturated rings. The Bertz CT molecular complexity index is 1500. The zero-order chi connectivity index (χ0) is 32.1. The number of carbonyl (C=O) groups is 1. The standard InChI is InChI=1S/C35H46N8O3/c1-5-34(44)39-28-22-29(31(45-4)23-30(28)42-15-12-27(13-16-42)41-19-17-40(6-2)18-20-41)38-32-24-33(37-25-36-32)43-35(3,14-21-46-43)26-10-8-7-9-11-26/h5,7-11,22-25,27H,1,6,12-21H2,2-4H3,(H,39,44)(H,36,37,38). The normalized spacial score (nSPS) is 21.3. The fourth-order valence-corrected chi connectivity index (χ4v) is 6.92. The van der Waals surface area contributed by atoms with Crippen molar-refractivity contribution < 1.29 is 14.4 Å². The van der Waals surface area contributed by atoms with E-state index in [9.17, 15) is 4.79 Å². The lowest BCUT2D eigenvalue weighted by Gasteiger charge is -2.43. The van der Waals surface area contributed by atoms with Gasteiger partial charge in [-0.05, 0) is 44.0 Å². The highest BCUT2D eigenvalue weighted by Gasteiger charge is 2.41. The van der Waals surface area contributed by atoms with E-state index in [2.05, 4.69) is 67.9 Å². The van der Waals surface area contributed by atoms with Crippen LogP contribution in [0.2, 0.25) is 0 Å². The van der Waals surface area contributed by atoms with Crippen molar-refractivity contribution in [3.8, 4) is 5.75 Å². The maximum atomic E-state index is 12.6. The van der Waals surface area contributed by atoms with Crippen LogP contribution in [-0.4, -0.2) is 91.2 Å². The van der Waals surface area contributed by atoms with E-state index in [1.165, 1.54) is 12.4 Å². The van der Waals surface area contributed by atoms with Gasteiger partial charge in [0.25, 0.3) is 0 Å². The highest BCUT2D eigenvalue weighted by Crippen LogP contribution is 2.42. The average molecular weight is 627 g/mol. The van der Waals surface area contributed by atoms with Crippen molar-refractivity contribution in [1.29, 1.82) is 0 Å². The number of aromatic nitrogens is 2. The van der Waals surface area contributed by atoms with Crippen molar-refractivity contribution in [3.63, 3.8) is 0 Å². The molecule has 46 heavy (non-hydrogen) atoms. The van der Waals surface area contributed by atoms with Gasteiger partial charge in [-0.25, -0.2) is 15.0 Å². The molecule has 0 aliphatic carbocycles. The van der Waals surface area contributed by atoms with Crippen LogP contribution in [0.1, 0.15) is 38.7 Å². The zero-order valence-electron chi connectivity index (χ0n) is 27.2. The van der Waals surface area contributed by atoms with Crippen LogP contribution >= 0.6 is 0 Å². The van der Waals surface area contributed by atoms with E-state index in [4.69, 9.17) is 9.57 Å². The van der Waals surface area contributed by atoms with Crippen LogP contribution in [0.25, 0.3) is 0 Å². The van der Waals surface area contributed by atoms with Crippen LogP contribution < -0.4 is 25.3 Å². The minimum Gasteiger partial charge on any atom is -0.494 e. The van der Waals surface area contributed by atoms with Crippen molar-refractivity contribution in [3.05, 3.63) is 73.1 Å². The Labute approximate surface area is 272 Å². The third kappa shape index (κ3) is 6.67. The van der Waals surface area contributed by atoms with Crippen LogP contribution in [0.3, 0.4) is 0 Å². The highest BCUT2D eigenvalue weighted by atomic mass is 16.7. The quantitative estimate of drug-likeness (QED) is 0.299. The molecule has 1 aromatic heterocycles. The molecule has 3 saturated heterocycles. The molecule has 4 heterocycles. The topological polar surface area (TPSA) is 98.3 Å². The van der Waals surface area contributed by atoms with Gasteiger partial charge in [-0.3, -0.25) is 14.5 Å². The first kappa shape index (κ1) is 31.8. The van der Waals surface area contributed by atoms with Gasteiger partial charge in [0, 0.05) is 63.9 Å². The molecule has 6 rings (SSSR count). The maximum Gasteiger partial charge on any atom is 0.247 e. The largest absolute Gasteiger partial charge is 0.494 e. The fraction of sp³-hybridized carbons (Fsp3) is 0.457. The van der Waals surface area contributed by atoms with E-state index in [1.807, 2.05) is 41.5 Å². The molecule has 11 heteroatoms. The summed E-state index contributed by atoms with van der Waals surface area (Å²) in [6.45, 7) is 16.1. The second-order valence-corrected chi connectivity index (χ2v) is 12.4. The summed E-state index contributed by atoms with van der Waals surface area (Å²) >= 11 is 0. The van der Waals surface area contributed by atoms with Gasteiger partial charge in [0.1, 0.15) is 17.9 Å². The SMILES string of the molecule is C=CC(=O)Nc1cc(Nc2cc(N3OCCC3(C)c3ccccc3)ncn2)c(OC)cc1N1CCC(N2CCN(CC)CC2)CC1. The number of amides is 1. The molecule has 2 N–H and O–H groups in total. The van der Waals surface area contributed by atoms with Gasteiger partial charge in [0.15, 0.2) is 5.82 Å². The number of methoxy groups -OCH3 is 1. The number of hydroxylamine groups is 1. The number of hydrogen-bond donors (Lipinski definition) is 2. The van der Waals surface area contributed by atoms with Crippen LogP contribution in [0.4, 0.5) is 28.7 Å². The monoisotopic (exact) mass is 626 g/mol. The summed E-state index contributed by atoms with van der Waals surface area (Å²) in [7, 11) is 1.66. The number of piperazine rings is 1. The number of anilines is 5. The second-order valence-electron chi connectivity index (χ2n) is 12.4. The molecule has 11 nitrogen and oxygen atoms in total. The Hall–Kier alpha value is -4.19. The number of carbonyl (C=O) groups excluding carboxylic acids is 1. The van der Waals surface area contributed by atoms with Crippen LogP contribution in [-0.2, 0) is 15.2 Å². The molecule has 3 aliphatic rings. The maximum absolute atomic E-state index is 12.6. The van der Waals surface area contributed by atoms with Gasteiger partial charge >= 0.3 is 0 Å². The smallest absolute Gasteiger partial charge is 0.247 e. The predicted octanol–water partition coefficient (Wildman–Crippen LogP) is 5.02. The lowest BCUT2D eigenvalue weighted by Crippen LogP contribution is -2.53. The van der Waals surface area contributed by atoms with E-state index in [0.29, 0.717) is 41.4 Å². The van der Waals surface area contributed by atoms with E-state index >= 15 is 0 Å². The van der Waals surface area contributed by atoms with Gasteiger partial charge in [-0.2, -0.15) is 0 Å². The highest BCUT2D eigenvalue weighted by molar-refractivity contribution is 6.02. The Kier molecular flexibility index (Phi) is 9.72. The van der Waals surface area contributed by atoms with Crippen LogP contribution in [0.15, 0.2) is 67.5 Å². The minimum absolute atomic E-state index is 0.267. The van der Waals surface area contributed by atoms with E-state index in [0.717, 1.165) is 76.3 Å². The average Bonchev–Trinajstić information content (AvgIpc) is 3.51. The number of nitrogens with zero attached hydrogens (tertiary/aromatic N) is 6. The minimum atomic E-state index is -0.369. The van der Waals surface area contributed by atoms with E-state index in [1.54, 1.807) is 7.11 Å². The Morgan fingerprint density at radius 3 is 2.52 bits per heavy atom. The number of rotatable bonds is 10. The molecule has 244 valence electrons. The van der Waals surface area contributed by atoms with Gasteiger partial charge < -0.3 is 25.2 Å². The van der Waals surface area contributed by atoms with Crippen molar-refractivity contribution >= 4 is 34.6 Å². The van der Waals surface area contributed by atoms with Crippen molar-refractivity contribution in [2.24, 2.45) is 0 Å². The Balaban J connectivity index is 1.22. The first-order valence-corrected chi connectivity index (χ1v) is 16.4. The molecule has 0 radical (unpaired) electrons. The Morgan fingerprint density at radius 1 is 1.07 bits per heavy atom. The van der Waals surface area contributed by atoms with Crippen LogP contribution in [0, 0.1) is 0 Å². The summed E-state index contributed by atoms with van der Waals surface area (Å²) in [6.07, 6.45) is 5.80. The van der Waals surface area contributed by atoms with E-state index < -0.39 is 0 Å². The number of benzene rings is 2.